The van der Waals surface area contributed by atoms with Crippen LogP contribution in [0.15, 0.2) is 16.5 Å². The third-order valence-corrected chi connectivity index (χ3v) is 2.40. The maximum atomic E-state index is 10.8. The molecule has 90 valence electrons. The van der Waals surface area contributed by atoms with E-state index in [0.717, 1.165) is 0 Å². The second-order valence-electron chi connectivity index (χ2n) is 3.53. The van der Waals surface area contributed by atoms with E-state index >= 15 is 0 Å². The van der Waals surface area contributed by atoms with Gasteiger partial charge in [0.1, 0.15) is 0 Å². The lowest BCUT2D eigenvalue weighted by molar-refractivity contribution is -0.141. The van der Waals surface area contributed by atoms with Gasteiger partial charge in [-0.1, -0.05) is 6.92 Å². The number of rotatable bonds is 4. The summed E-state index contributed by atoms with van der Waals surface area (Å²) >= 11 is 5.65. The zero-order valence-corrected chi connectivity index (χ0v) is 9.63. The molecule has 17 heavy (non-hydrogen) atoms. The van der Waals surface area contributed by atoms with Gasteiger partial charge >= 0.3 is 5.97 Å². The second kappa shape index (κ2) is 4.54. The van der Waals surface area contributed by atoms with Gasteiger partial charge in [-0.2, -0.15) is 0 Å². The monoisotopic (exact) mass is 256 g/mol. The number of hydrogen-bond donors (Lipinski definition) is 1. The lowest BCUT2D eigenvalue weighted by Crippen LogP contribution is -2.18. The van der Waals surface area contributed by atoms with E-state index in [2.05, 4.69) is 15.5 Å². The van der Waals surface area contributed by atoms with Gasteiger partial charge in [-0.25, -0.2) is 4.68 Å². The summed E-state index contributed by atoms with van der Waals surface area (Å²) in [7, 11) is 0. The molecule has 0 amide bonds. The van der Waals surface area contributed by atoms with Gasteiger partial charge in [0.05, 0.1) is 12.5 Å². The Morgan fingerprint density at radius 1 is 1.65 bits per heavy atom. The Balaban J connectivity index is 2.26. The minimum absolute atomic E-state index is 0.163. The number of carboxylic acids is 1. The van der Waals surface area contributed by atoms with Crippen LogP contribution in [0.25, 0.3) is 11.6 Å². The zero-order valence-electron chi connectivity index (χ0n) is 8.87. The van der Waals surface area contributed by atoms with Crippen LogP contribution in [0.4, 0.5) is 0 Å². The molecule has 0 aliphatic rings. The summed E-state index contributed by atoms with van der Waals surface area (Å²) in [5, 5.41) is 20.0. The van der Waals surface area contributed by atoms with Crippen molar-refractivity contribution in [2.24, 2.45) is 5.92 Å². The highest BCUT2D eigenvalue weighted by Gasteiger charge is 2.18. The highest BCUT2D eigenvalue weighted by Crippen LogP contribution is 2.22. The van der Waals surface area contributed by atoms with E-state index in [4.69, 9.17) is 21.1 Å². The van der Waals surface area contributed by atoms with Gasteiger partial charge < -0.3 is 9.52 Å². The fraction of sp³-hybridized carbons (Fsp3) is 0.333. The van der Waals surface area contributed by atoms with Crippen molar-refractivity contribution in [3.05, 3.63) is 17.4 Å². The van der Waals surface area contributed by atoms with Crippen molar-refractivity contribution >= 4 is 17.6 Å². The molecule has 2 aromatic rings. The van der Waals surface area contributed by atoms with Crippen molar-refractivity contribution in [3.8, 4) is 11.6 Å². The summed E-state index contributed by atoms with van der Waals surface area (Å²) in [6.07, 6.45) is 0. The Labute approximate surface area is 101 Å². The minimum atomic E-state index is -0.913. The topological polar surface area (TPSA) is 94.0 Å². The lowest BCUT2D eigenvalue weighted by Gasteiger charge is -2.06. The molecule has 8 heteroatoms. The number of aromatic nitrogens is 4. The first-order chi connectivity index (χ1) is 8.08. The predicted molar refractivity (Wildman–Crippen MR) is 57.3 cm³/mol. The molecule has 1 N–H and O–H groups in total. The molecule has 7 nitrogen and oxygen atoms in total. The largest absolute Gasteiger partial charge is 0.481 e. The maximum absolute atomic E-state index is 10.8. The van der Waals surface area contributed by atoms with Crippen LogP contribution in [0.1, 0.15) is 6.92 Å². The molecule has 0 aliphatic heterocycles. The zero-order chi connectivity index (χ0) is 12.4. The average molecular weight is 257 g/mol. The van der Waals surface area contributed by atoms with Crippen molar-refractivity contribution in [2.45, 2.75) is 13.5 Å². The highest BCUT2D eigenvalue weighted by atomic mass is 35.5. The Bertz CT molecular complexity index is 536. The first-order valence-electron chi connectivity index (χ1n) is 4.82. The van der Waals surface area contributed by atoms with E-state index in [0.29, 0.717) is 11.6 Å². The van der Waals surface area contributed by atoms with Crippen LogP contribution in [-0.4, -0.2) is 31.3 Å². The summed E-state index contributed by atoms with van der Waals surface area (Å²) in [6, 6.07) is 3.19. The first kappa shape index (κ1) is 11.6. The van der Waals surface area contributed by atoms with Crippen LogP contribution < -0.4 is 0 Å². The van der Waals surface area contributed by atoms with Gasteiger partial charge in [-0.15, -0.1) is 5.10 Å². The smallest absolute Gasteiger partial charge is 0.308 e. The summed E-state index contributed by atoms with van der Waals surface area (Å²) in [5.41, 5.74) is 0. The molecular weight excluding hydrogens is 248 g/mol. The van der Waals surface area contributed by atoms with Crippen LogP contribution in [-0.2, 0) is 11.3 Å². The molecular formula is C9H9ClN4O3. The number of hydrogen-bond acceptors (Lipinski definition) is 5. The van der Waals surface area contributed by atoms with E-state index in [1.54, 1.807) is 19.1 Å². The second-order valence-corrected chi connectivity index (χ2v) is 3.90. The third kappa shape index (κ3) is 2.44. The molecule has 0 aliphatic carbocycles. The molecule has 1 unspecified atom stereocenters. The summed E-state index contributed by atoms with van der Waals surface area (Å²) in [4.78, 5) is 10.8. The van der Waals surface area contributed by atoms with Crippen molar-refractivity contribution in [3.63, 3.8) is 0 Å². The molecule has 0 radical (unpaired) electrons. The van der Waals surface area contributed by atoms with E-state index in [-0.39, 0.29) is 11.8 Å². The molecule has 0 fully saturated rings. The van der Waals surface area contributed by atoms with E-state index in [1.165, 1.54) is 4.68 Å². The van der Waals surface area contributed by atoms with Crippen molar-refractivity contribution < 1.29 is 14.3 Å². The van der Waals surface area contributed by atoms with Crippen LogP contribution in [0.2, 0.25) is 5.22 Å². The van der Waals surface area contributed by atoms with Gasteiger partial charge in [0.15, 0.2) is 11.0 Å². The van der Waals surface area contributed by atoms with Crippen molar-refractivity contribution in [1.29, 1.82) is 0 Å². The van der Waals surface area contributed by atoms with Gasteiger partial charge in [-0.05, 0) is 34.2 Å². The van der Waals surface area contributed by atoms with Gasteiger partial charge in [-0.3, -0.25) is 4.79 Å². The minimum Gasteiger partial charge on any atom is -0.481 e. The number of halogens is 1. The summed E-state index contributed by atoms with van der Waals surface area (Å²) < 4.78 is 6.53. The molecule has 2 heterocycles. The fourth-order valence-corrected chi connectivity index (χ4v) is 1.42. The van der Waals surface area contributed by atoms with Crippen LogP contribution in [0.5, 0.6) is 0 Å². The Kier molecular flexibility index (Phi) is 3.10. The highest BCUT2D eigenvalue weighted by molar-refractivity contribution is 6.28. The standard InChI is InChI=1S/C9H9ClN4O3/c1-5(9(15)16)4-14-8(11-12-13-14)6-2-3-7(10)17-6/h2-3,5H,4H2,1H3,(H,15,16). The number of carboxylic acid groups (broad SMARTS) is 1. The number of aliphatic carboxylic acids is 1. The van der Waals surface area contributed by atoms with Crippen molar-refractivity contribution in [1.82, 2.24) is 20.2 Å². The van der Waals surface area contributed by atoms with Gasteiger partial charge in [0.25, 0.3) is 0 Å². The van der Waals surface area contributed by atoms with E-state index < -0.39 is 11.9 Å². The van der Waals surface area contributed by atoms with Crippen LogP contribution in [0, 0.1) is 5.92 Å². The van der Waals surface area contributed by atoms with E-state index in [1.807, 2.05) is 0 Å². The predicted octanol–water partition coefficient (Wildman–Crippen LogP) is 1.31. The van der Waals surface area contributed by atoms with E-state index in [9.17, 15) is 4.79 Å². The molecule has 0 saturated carbocycles. The normalized spacial score (nSPS) is 12.6. The Hall–Kier alpha value is -1.89. The first-order valence-corrected chi connectivity index (χ1v) is 5.20. The van der Waals surface area contributed by atoms with Gasteiger partial charge in [0.2, 0.25) is 5.82 Å². The quantitative estimate of drug-likeness (QED) is 0.886. The van der Waals surface area contributed by atoms with Crippen LogP contribution >= 0.6 is 11.6 Å². The van der Waals surface area contributed by atoms with Crippen LogP contribution in [0.3, 0.4) is 0 Å². The fourth-order valence-electron chi connectivity index (χ4n) is 1.28. The number of nitrogens with zero attached hydrogens (tertiary/aromatic N) is 4. The molecule has 2 aromatic heterocycles. The number of tetrazole rings is 1. The lowest BCUT2D eigenvalue weighted by atomic mass is 10.2. The number of carbonyl (C=O) groups is 1. The molecule has 1 atom stereocenters. The molecule has 0 saturated heterocycles. The number of furan rings is 1. The Morgan fingerprint density at radius 3 is 3.00 bits per heavy atom. The van der Waals surface area contributed by atoms with Crippen molar-refractivity contribution in [2.75, 3.05) is 0 Å². The summed E-state index contributed by atoms with van der Waals surface area (Å²) in [6.45, 7) is 1.74. The SMILES string of the molecule is CC(Cn1nnnc1-c1ccc(Cl)o1)C(=O)O. The summed E-state index contributed by atoms with van der Waals surface area (Å²) in [5.74, 6) is -0.755. The molecule has 0 spiro atoms. The Morgan fingerprint density at radius 2 is 2.41 bits per heavy atom. The maximum Gasteiger partial charge on any atom is 0.308 e. The van der Waals surface area contributed by atoms with Gasteiger partial charge in [0, 0.05) is 0 Å². The average Bonchev–Trinajstić information content (AvgIpc) is 2.86. The molecule has 0 aromatic carbocycles. The molecule has 2 rings (SSSR count). The molecule has 0 bridgehead atoms. The third-order valence-electron chi connectivity index (χ3n) is 2.19.